The average Bonchev–Trinajstić information content (AvgIpc) is 2.73. The van der Waals surface area contributed by atoms with E-state index in [1.165, 1.54) is 13.8 Å². The van der Waals surface area contributed by atoms with Gasteiger partial charge in [-0.3, -0.25) is 19.2 Å². The zero-order valence-corrected chi connectivity index (χ0v) is 22.4. The summed E-state index contributed by atoms with van der Waals surface area (Å²) in [5, 5.41) is 0. The Balaban J connectivity index is 2.05. The van der Waals surface area contributed by atoms with Crippen molar-refractivity contribution < 1.29 is 28.7 Å². The second kappa shape index (κ2) is 9.05. The average molecular weight is 477 g/mol. The number of rotatable bonds is 6. The lowest BCUT2D eigenvalue weighted by Gasteiger charge is -2.69. The maximum absolute atomic E-state index is 13.9. The van der Waals surface area contributed by atoms with Crippen molar-refractivity contribution in [2.45, 2.75) is 119 Å². The zero-order valence-electron chi connectivity index (χ0n) is 22.4. The summed E-state index contributed by atoms with van der Waals surface area (Å²) in [5.74, 6) is -0.0880. The van der Waals surface area contributed by atoms with Gasteiger partial charge < -0.3 is 9.47 Å². The van der Waals surface area contributed by atoms with Crippen LogP contribution in [0.3, 0.4) is 0 Å². The second-order valence-corrected chi connectivity index (χ2v) is 12.4. The number of fused-ring (bicyclic) bond motifs is 3. The number of ketones is 2. The predicted octanol–water partition coefficient (Wildman–Crippen LogP) is 5.45. The first kappa shape index (κ1) is 26.9. The summed E-state index contributed by atoms with van der Waals surface area (Å²) < 4.78 is 11.4. The molecule has 0 saturated heterocycles. The molecular formula is C28H44O6. The van der Waals surface area contributed by atoms with Crippen LogP contribution in [0.5, 0.6) is 0 Å². The smallest absolute Gasteiger partial charge is 0.303 e. The maximum atomic E-state index is 13.9. The van der Waals surface area contributed by atoms with E-state index in [0.717, 1.165) is 25.7 Å². The van der Waals surface area contributed by atoms with Crippen LogP contribution in [0.4, 0.5) is 0 Å². The van der Waals surface area contributed by atoms with Gasteiger partial charge in [-0.05, 0) is 61.2 Å². The van der Waals surface area contributed by atoms with Gasteiger partial charge in [-0.2, -0.15) is 0 Å². The van der Waals surface area contributed by atoms with Crippen molar-refractivity contribution in [1.29, 1.82) is 0 Å². The Bertz CT molecular complexity index is 861. The van der Waals surface area contributed by atoms with Crippen LogP contribution in [0.25, 0.3) is 0 Å². The van der Waals surface area contributed by atoms with Gasteiger partial charge in [0.05, 0.1) is 0 Å². The Labute approximate surface area is 204 Å². The molecule has 3 saturated carbocycles. The molecule has 0 spiro atoms. The molecule has 192 valence electrons. The van der Waals surface area contributed by atoms with Gasteiger partial charge >= 0.3 is 11.9 Å². The van der Waals surface area contributed by atoms with Crippen LogP contribution in [0.1, 0.15) is 107 Å². The fourth-order valence-electron chi connectivity index (χ4n) is 8.36. The lowest BCUT2D eigenvalue weighted by atomic mass is 9.36. The summed E-state index contributed by atoms with van der Waals surface area (Å²) in [5.41, 5.74) is -1.34. The molecule has 0 radical (unpaired) electrons. The number of hydrogen-bond acceptors (Lipinski definition) is 6. The number of Topliss-reactive ketones (excluding diaryl/α,β-unsaturated/α-hetero) is 2. The summed E-state index contributed by atoms with van der Waals surface area (Å²) in [6.07, 6.45) is 4.42. The molecule has 3 rings (SSSR count). The predicted molar refractivity (Wildman–Crippen MR) is 129 cm³/mol. The minimum Gasteiger partial charge on any atom is -0.462 e. The first-order valence-corrected chi connectivity index (χ1v) is 13.0. The number of esters is 2. The molecule has 0 aromatic heterocycles. The molecule has 0 amide bonds. The Kier molecular flexibility index (Phi) is 7.16. The van der Waals surface area contributed by atoms with E-state index < -0.39 is 17.5 Å². The van der Waals surface area contributed by atoms with Gasteiger partial charge in [-0.1, -0.05) is 41.5 Å². The van der Waals surface area contributed by atoms with Gasteiger partial charge in [0.15, 0.2) is 11.9 Å². The van der Waals surface area contributed by atoms with E-state index in [9.17, 15) is 19.2 Å². The third-order valence-corrected chi connectivity index (χ3v) is 10.4. The molecule has 3 aliphatic carbocycles. The molecule has 0 heterocycles. The van der Waals surface area contributed by atoms with Crippen LogP contribution in [-0.4, -0.2) is 35.7 Å². The van der Waals surface area contributed by atoms with Crippen molar-refractivity contribution in [2.24, 2.45) is 33.5 Å². The quantitative estimate of drug-likeness (QED) is 0.474. The SMILES string of the molecule is CCC(=O)CC[C@]1(C)C(=O)[C@H](OC(C)=O)C[C@@H]2[C@@]3(C)CC[C@H](OC(C)=O)C(C)(C)[C@@H]3CC[C@]21C. The number of carbonyl (C=O) groups is 4. The summed E-state index contributed by atoms with van der Waals surface area (Å²) in [4.78, 5) is 49.9. The van der Waals surface area contributed by atoms with Crippen LogP contribution < -0.4 is 0 Å². The highest BCUT2D eigenvalue weighted by atomic mass is 16.5. The molecule has 6 nitrogen and oxygen atoms in total. The van der Waals surface area contributed by atoms with Gasteiger partial charge in [-0.15, -0.1) is 0 Å². The third kappa shape index (κ3) is 4.13. The van der Waals surface area contributed by atoms with Crippen LogP contribution in [0.15, 0.2) is 0 Å². The number of carbonyl (C=O) groups excluding carboxylic acids is 4. The molecule has 0 aromatic carbocycles. The zero-order chi connectivity index (χ0) is 25.7. The van der Waals surface area contributed by atoms with Gasteiger partial charge in [0.2, 0.25) is 0 Å². The topological polar surface area (TPSA) is 86.7 Å². The van der Waals surface area contributed by atoms with Crippen molar-refractivity contribution in [3.8, 4) is 0 Å². The number of hydrogen-bond donors (Lipinski definition) is 0. The summed E-state index contributed by atoms with van der Waals surface area (Å²) in [6, 6.07) is 0. The Morgan fingerprint density at radius 2 is 1.53 bits per heavy atom. The van der Waals surface area contributed by atoms with Crippen LogP contribution in [0.2, 0.25) is 0 Å². The van der Waals surface area contributed by atoms with Crippen molar-refractivity contribution in [3.05, 3.63) is 0 Å². The molecule has 0 bridgehead atoms. The van der Waals surface area contributed by atoms with Crippen LogP contribution >= 0.6 is 0 Å². The fourth-order valence-corrected chi connectivity index (χ4v) is 8.36. The van der Waals surface area contributed by atoms with Crippen LogP contribution in [0, 0.1) is 33.5 Å². The molecule has 0 aliphatic heterocycles. The van der Waals surface area contributed by atoms with E-state index >= 15 is 0 Å². The van der Waals surface area contributed by atoms with Crippen LogP contribution in [-0.2, 0) is 28.7 Å². The van der Waals surface area contributed by atoms with Crippen molar-refractivity contribution in [1.82, 2.24) is 0 Å². The molecule has 0 aromatic rings. The highest BCUT2D eigenvalue weighted by molar-refractivity contribution is 5.92. The molecule has 6 heteroatoms. The van der Waals surface area contributed by atoms with Crippen molar-refractivity contribution in [2.75, 3.05) is 0 Å². The van der Waals surface area contributed by atoms with Gasteiger partial charge in [0.25, 0.3) is 0 Å². The summed E-state index contributed by atoms with van der Waals surface area (Å²) in [6.45, 7) is 15.7. The van der Waals surface area contributed by atoms with E-state index in [1.54, 1.807) is 0 Å². The minimum atomic E-state index is -0.776. The molecule has 3 fully saturated rings. The standard InChI is InChI=1S/C28H44O6/c1-9-19(31)10-14-28(8)24(32)20(33-17(2)29)16-22-26(6)13-12-23(34-18(3)30)25(4,5)21(26)11-15-27(22,28)7/h20-23H,9-16H2,1-8H3/t20-,21+,22-,23+,26+,27-,28-/m1/s1. The van der Waals surface area contributed by atoms with Gasteiger partial charge in [0.1, 0.15) is 11.9 Å². The summed E-state index contributed by atoms with van der Waals surface area (Å²) in [7, 11) is 0. The molecule has 34 heavy (non-hydrogen) atoms. The fraction of sp³-hybridized carbons (Fsp3) is 0.857. The molecular weight excluding hydrogens is 432 g/mol. The normalized spacial score (nSPS) is 41.1. The maximum Gasteiger partial charge on any atom is 0.303 e. The van der Waals surface area contributed by atoms with E-state index in [2.05, 4.69) is 27.7 Å². The molecule has 3 aliphatic rings. The highest BCUT2D eigenvalue weighted by Crippen LogP contribution is 2.71. The van der Waals surface area contributed by atoms with E-state index in [0.29, 0.717) is 31.6 Å². The second-order valence-electron chi connectivity index (χ2n) is 12.4. The highest BCUT2D eigenvalue weighted by Gasteiger charge is 2.69. The van der Waals surface area contributed by atoms with Gasteiger partial charge in [0, 0.05) is 37.5 Å². The first-order chi connectivity index (χ1) is 15.6. The minimum absolute atomic E-state index is 0.0275. The Morgan fingerprint density at radius 1 is 0.912 bits per heavy atom. The third-order valence-electron chi connectivity index (χ3n) is 10.4. The summed E-state index contributed by atoms with van der Waals surface area (Å²) >= 11 is 0. The van der Waals surface area contributed by atoms with Gasteiger partial charge in [-0.25, -0.2) is 0 Å². The van der Waals surface area contributed by atoms with Crippen molar-refractivity contribution in [3.63, 3.8) is 0 Å². The lowest BCUT2D eigenvalue weighted by Crippen LogP contribution is -2.67. The van der Waals surface area contributed by atoms with Crippen molar-refractivity contribution >= 4 is 23.5 Å². The van der Waals surface area contributed by atoms with E-state index in [1.807, 2.05) is 13.8 Å². The molecule has 0 N–H and O–H groups in total. The van der Waals surface area contributed by atoms with E-state index in [4.69, 9.17) is 9.47 Å². The Hall–Kier alpha value is -1.72. The monoisotopic (exact) mass is 476 g/mol. The number of ether oxygens (including phenoxy) is 2. The molecule has 7 atom stereocenters. The Morgan fingerprint density at radius 3 is 2.09 bits per heavy atom. The first-order valence-electron chi connectivity index (χ1n) is 13.0. The van der Waals surface area contributed by atoms with E-state index in [-0.39, 0.29) is 45.8 Å². The largest absolute Gasteiger partial charge is 0.462 e. The molecule has 0 unspecified atom stereocenters. The lowest BCUT2D eigenvalue weighted by molar-refractivity contribution is -0.228.